The molecule has 0 aliphatic carbocycles. The first-order valence-corrected chi connectivity index (χ1v) is 8.34. The van der Waals surface area contributed by atoms with Crippen molar-refractivity contribution < 1.29 is 0 Å². The molecule has 1 atom stereocenters. The Hall–Kier alpha value is -0.370. The van der Waals surface area contributed by atoms with Gasteiger partial charge in [-0.2, -0.15) is 0 Å². The lowest BCUT2D eigenvalue weighted by molar-refractivity contribution is 0.489. The smallest absolute Gasteiger partial charge is 0.191 e. The summed E-state index contributed by atoms with van der Waals surface area (Å²) >= 11 is 1.67. The van der Waals surface area contributed by atoms with Gasteiger partial charge in [-0.1, -0.05) is 13.8 Å². The zero-order valence-electron chi connectivity index (χ0n) is 13.8. The van der Waals surface area contributed by atoms with Gasteiger partial charge in [-0.05, 0) is 39.5 Å². The fraction of sp³-hybridized carbons (Fsp3) is 0.733. The van der Waals surface area contributed by atoms with Crippen molar-refractivity contribution in [3.05, 3.63) is 16.1 Å². The molecule has 0 fully saturated rings. The molecule has 21 heavy (non-hydrogen) atoms. The van der Waals surface area contributed by atoms with Crippen molar-refractivity contribution in [2.45, 2.75) is 60.0 Å². The Bertz CT molecular complexity index is 418. The van der Waals surface area contributed by atoms with Crippen LogP contribution in [0.1, 0.15) is 51.1 Å². The molecule has 0 radical (unpaired) electrons. The van der Waals surface area contributed by atoms with Crippen molar-refractivity contribution in [2.24, 2.45) is 10.9 Å². The van der Waals surface area contributed by atoms with E-state index in [1.165, 1.54) is 17.7 Å². The lowest BCUT2D eigenvalue weighted by Gasteiger charge is -2.18. The molecular formula is C15H29IN4S. The van der Waals surface area contributed by atoms with Gasteiger partial charge in [0.25, 0.3) is 0 Å². The van der Waals surface area contributed by atoms with E-state index in [-0.39, 0.29) is 24.0 Å². The fourth-order valence-corrected chi connectivity index (χ4v) is 2.54. The Morgan fingerprint density at radius 3 is 2.57 bits per heavy atom. The largest absolute Gasteiger partial charge is 0.357 e. The second kappa shape index (κ2) is 11.2. The third-order valence-corrected chi connectivity index (χ3v) is 4.05. The number of hydrogen-bond donors (Lipinski definition) is 2. The van der Waals surface area contributed by atoms with Gasteiger partial charge in [-0.25, -0.2) is 9.98 Å². The lowest BCUT2D eigenvalue weighted by atomic mass is 10.0. The van der Waals surface area contributed by atoms with E-state index in [1.807, 2.05) is 12.4 Å². The molecule has 1 unspecified atom stereocenters. The van der Waals surface area contributed by atoms with Crippen molar-refractivity contribution in [1.82, 2.24) is 15.6 Å². The molecular weight excluding hydrogens is 395 g/mol. The highest BCUT2D eigenvalue weighted by Crippen LogP contribution is 2.13. The Kier molecular flexibility index (Phi) is 11.0. The summed E-state index contributed by atoms with van der Waals surface area (Å²) in [5, 5.41) is 6.78. The molecule has 0 saturated carbocycles. The molecule has 122 valence electrons. The van der Waals surface area contributed by atoms with Gasteiger partial charge < -0.3 is 10.6 Å². The number of halogens is 1. The van der Waals surface area contributed by atoms with E-state index >= 15 is 0 Å². The summed E-state index contributed by atoms with van der Waals surface area (Å²) in [6.45, 7) is 12.4. The first-order valence-electron chi connectivity index (χ1n) is 7.46. The molecule has 1 aromatic rings. The molecule has 1 rings (SSSR count). The number of aromatic nitrogens is 1. The van der Waals surface area contributed by atoms with Crippen LogP contribution in [0.3, 0.4) is 0 Å². The number of guanidine groups is 1. The van der Waals surface area contributed by atoms with Gasteiger partial charge in [0.2, 0.25) is 0 Å². The molecule has 0 saturated heterocycles. The molecule has 1 heterocycles. The molecule has 4 nitrogen and oxygen atoms in total. The van der Waals surface area contributed by atoms with Crippen LogP contribution < -0.4 is 10.6 Å². The standard InChI is InChI=1S/C15H28N4S.HI/c1-6-16-15(19-12(4)8-7-11(2)3)17-9-14-13(5)18-10-20-14;/h10-12H,6-9H2,1-5H3,(H2,16,17,19);1H. The zero-order valence-corrected chi connectivity index (χ0v) is 16.9. The molecule has 6 heteroatoms. The summed E-state index contributed by atoms with van der Waals surface area (Å²) in [5.41, 5.74) is 2.97. The highest BCUT2D eigenvalue weighted by atomic mass is 127. The predicted octanol–water partition coefficient (Wildman–Crippen LogP) is 3.95. The monoisotopic (exact) mass is 424 g/mol. The van der Waals surface area contributed by atoms with Gasteiger partial charge in [0.05, 0.1) is 17.7 Å². The first kappa shape index (κ1) is 20.6. The van der Waals surface area contributed by atoms with Crippen LogP contribution in [0.15, 0.2) is 10.5 Å². The van der Waals surface area contributed by atoms with E-state index in [0.29, 0.717) is 12.6 Å². The van der Waals surface area contributed by atoms with Gasteiger partial charge in [0.1, 0.15) is 0 Å². The van der Waals surface area contributed by atoms with Crippen LogP contribution in [0.2, 0.25) is 0 Å². The molecule has 0 aliphatic rings. The van der Waals surface area contributed by atoms with E-state index in [0.717, 1.165) is 24.1 Å². The van der Waals surface area contributed by atoms with Crippen LogP contribution in [0.5, 0.6) is 0 Å². The second-order valence-corrected chi connectivity index (χ2v) is 6.51. The minimum absolute atomic E-state index is 0. The van der Waals surface area contributed by atoms with E-state index in [9.17, 15) is 0 Å². The van der Waals surface area contributed by atoms with Gasteiger partial charge >= 0.3 is 0 Å². The molecule has 2 N–H and O–H groups in total. The Morgan fingerprint density at radius 2 is 2.05 bits per heavy atom. The number of aliphatic imine (C=N–C) groups is 1. The summed E-state index contributed by atoms with van der Waals surface area (Å²) in [5.74, 6) is 1.65. The summed E-state index contributed by atoms with van der Waals surface area (Å²) in [7, 11) is 0. The topological polar surface area (TPSA) is 49.3 Å². The zero-order chi connectivity index (χ0) is 15.0. The van der Waals surface area contributed by atoms with Crippen LogP contribution in [0.4, 0.5) is 0 Å². The van der Waals surface area contributed by atoms with Crippen molar-refractivity contribution in [3.8, 4) is 0 Å². The maximum absolute atomic E-state index is 4.65. The summed E-state index contributed by atoms with van der Waals surface area (Å²) < 4.78 is 0. The quantitative estimate of drug-likeness (QED) is 0.396. The first-order chi connectivity index (χ1) is 9.52. The minimum Gasteiger partial charge on any atom is -0.357 e. The number of nitrogens with one attached hydrogen (secondary N) is 2. The summed E-state index contributed by atoms with van der Waals surface area (Å²) in [4.78, 5) is 10.1. The van der Waals surface area contributed by atoms with E-state index in [4.69, 9.17) is 0 Å². The van der Waals surface area contributed by atoms with Gasteiger partial charge in [-0.3, -0.25) is 0 Å². The number of aryl methyl sites for hydroxylation is 1. The lowest BCUT2D eigenvalue weighted by Crippen LogP contribution is -2.42. The fourth-order valence-electron chi connectivity index (χ4n) is 1.84. The van der Waals surface area contributed by atoms with Gasteiger partial charge in [-0.15, -0.1) is 35.3 Å². The molecule has 0 bridgehead atoms. The molecule has 0 spiro atoms. The Morgan fingerprint density at radius 1 is 1.33 bits per heavy atom. The van der Waals surface area contributed by atoms with Gasteiger partial charge in [0.15, 0.2) is 5.96 Å². The van der Waals surface area contributed by atoms with Crippen molar-refractivity contribution in [1.29, 1.82) is 0 Å². The summed E-state index contributed by atoms with van der Waals surface area (Å²) in [6, 6.07) is 0.442. The van der Waals surface area contributed by atoms with E-state index in [2.05, 4.69) is 48.3 Å². The number of thiazole rings is 1. The third-order valence-electron chi connectivity index (χ3n) is 3.13. The Labute approximate surface area is 150 Å². The number of rotatable bonds is 7. The highest BCUT2D eigenvalue weighted by molar-refractivity contribution is 14.0. The van der Waals surface area contributed by atoms with Crippen molar-refractivity contribution in [3.63, 3.8) is 0 Å². The van der Waals surface area contributed by atoms with Crippen LogP contribution in [0.25, 0.3) is 0 Å². The maximum Gasteiger partial charge on any atom is 0.191 e. The van der Waals surface area contributed by atoms with E-state index in [1.54, 1.807) is 11.3 Å². The highest BCUT2D eigenvalue weighted by Gasteiger charge is 2.07. The van der Waals surface area contributed by atoms with Crippen molar-refractivity contribution in [2.75, 3.05) is 6.54 Å². The van der Waals surface area contributed by atoms with Crippen LogP contribution in [0, 0.1) is 12.8 Å². The van der Waals surface area contributed by atoms with Crippen LogP contribution in [-0.2, 0) is 6.54 Å². The SMILES string of the molecule is CCNC(=NCc1scnc1C)NC(C)CCC(C)C.I. The second-order valence-electron chi connectivity index (χ2n) is 5.57. The third kappa shape index (κ3) is 8.60. The van der Waals surface area contributed by atoms with Crippen molar-refractivity contribution >= 4 is 41.3 Å². The van der Waals surface area contributed by atoms with Gasteiger partial charge in [0, 0.05) is 17.5 Å². The maximum atomic E-state index is 4.65. The number of hydrogen-bond acceptors (Lipinski definition) is 3. The summed E-state index contributed by atoms with van der Waals surface area (Å²) in [6.07, 6.45) is 2.41. The average Bonchev–Trinajstić information content (AvgIpc) is 2.79. The normalized spacial score (nSPS) is 13.0. The molecule has 0 aromatic carbocycles. The molecule has 1 aromatic heterocycles. The Balaban J connectivity index is 0.00000400. The average molecular weight is 424 g/mol. The van der Waals surface area contributed by atoms with E-state index < -0.39 is 0 Å². The number of nitrogens with zero attached hydrogens (tertiary/aromatic N) is 2. The van der Waals surface area contributed by atoms with Crippen LogP contribution >= 0.6 is 35.3 Å². The molecule has 0 aliphatic heterocycles. The predicted molar refractivity (Wildman–Crippen MR) is 104 cm³/mol. The minimum atomic E-state index is 0. The van der Waals surface area contributed by atoms with Crippen LogP contribution in [-0.4, -0.2) is 23.5 Å². The molecule has 0 amide bonds.